The van der Waals surface area contributed by atoms with Crippen molar-refractivity contribution >= 4 is 34.5 Å². The third-order valence-electron chi connectivity index (χ3n) is 2.46. The van der Waals surface area contributed by atoms with E-state index in [1.165, 1.54) is 6.92 Å². The number of halogens is 1. The van der Waals surface area contributed by atoms with Crippen LogP contribution in [0.15, 0.2) is 36.4 Å². The fourth-order valence-corrected chi connectivity index (χ4v) is 1.77. The Morgan fingerprint density at radius 3 is 3.00 bits per heavy atom. The highest BCUT2D eigenvalue weighted by molar-refractivity contribution is 6.29. The van der Waals surface area contributed by atoms with Gasteiger partial charge in [-0.3, -0.25) is 4.79 Å². The molecule has 1 aromatic heterocycles. The number of pyridine rings is 1. The van der Waals surface area contributed by atoms with Gasteiger partial charge in [-0.05, 0) is 29.8 Å². The average molecular weight is 261 g/mol. The Hall–Kier alpha value is -1.87. The summed E-state index contributed by atoms with van der Waals surface area (Å²) in [5.74, 6) is -0.0306. The van der Waals surface area contributed by atoms with Gasteiger partial charge in [0.25, 0.3) is 0 Å². The summed E-state index contributed by atoms with van der Waals surface area (Å²) in [4.78, 5) is 14.9. The lowest BCUT2D eigenvalue weighted by Crippen LogP contribution is -2.19. The lowest BCUT2D eigenvalue weighted by Gasteiger charge is -2.00. The van der Waals surface area contributed by atoms with Gasteiger partial charge in [0.05, 0.1) is 5.52 Å². The van der Waals surface area contributed by atoms with Crippen LogP contribution in [0.2, 0.25) is 5.15 Å². The van der Waals surface area contributed by atoms with Crippen molar-refractivity contribution in [2.45, 2.75) is 6.92 Å². The number of aromatic nitrogens is 1. The van der Waals surface area contributed by atoms with Gasteiger partial charge in [-0.25, -0.2) is 4.98 Å². The van der Waals surface area contributed by atoms with Crippen LogP contribution in [0, 0.1) is 0 Å². The fraction of sp³-hybridized carbons (Fsp3) is 0.143. The fourth-order valence-electron chi connectivity index (χ4n) is 1.62. The number of hydrogen-bond acceptors (Lipinski definition) is 2. The molecule has 0 aliphatic rings. The number of fused-ring (bicyclic) bond motifs is 1. The van der Waals surface area contributed by atoms with E-state index in [9.17, 15) is 4.79 Å². The second kappa shape index (κ2) is 5.65. The molecule has 92 valence electrons. The van der Waals surface area contributed by atoms with Crippen molar-refractivity contribution in [3.05, 3.63) is 47.1 Å². The summed E-state index contributed by atoms with van der Waals surface area (Å²) in [5.41, 5.74) is 1.94. The van der Waals surface area contributed by atoms with E-state index in [4.69, 9.17) is 11.6 Å². The third-order valence-corrected chi connectivity index (χ3v) is 2.67. The van der Waals surface area contributed by atoms with Gasteiger partial charge in [-0.15, -0.1) is 0 Å². The number of carbonyl (C=O) groups is 1. The predicted molar refractivity (Wildman–Crippen MR) is 74.5 cm³/mol. The smallest absolute Gasteiger partial charge is 0.217 e. The van der Waals surface area contributed by atoms with E-state index in [1.807, 2.05) is 36.4 Å². The van der Waals surface area contributed by atoms with Crippen molar-refractivity contribution in [3.63, 3.8) is 0 Å². The van der Waals surface area contributed by atoms with Crippen LogP contribution < -0.4 is 5.32 Å². The van der Waals surface area contributed by atoms with Crippen molar-refractivity contribution in [3.8, 4) is 0 Å². The number of nitrogens with one attached hydrogen (secondary N) is 1. The lowest BCUT2D eigenvalue weighted by atomic mass is 10.1. The standard InChI is InChI=1S/C14H13ClN2O/c1-10(18)16-8-2-3-11-4-6-13-12(9-11)5-7-14(15)17-13/h2-7,9H,8H2,1H3,(H,16,18). The minimum Gasteiger partial charge on any atom is -0.353 e. The molecule has 3 nitrogen and oxygen atoms in total. The van der Waals surface area contributed by atoms with Gasteiger partial charge in [-0.2, -0.15) is 0 Å². The predicted octanol–water partition coefficient (Wildman–Crippen LogP) is 3.04. The number of carbonyl (C=O) groups excluding carboxylic acids is 1. The van der Waals surface area contributed by atoms with Crippen LogP contribution in [0.3, 0.4) is 0 Å². The molecule has 0 saturated heterocycles. The molecule has 0 fully saturated rings. The molecule has 4 heteroatoms. The van der Waals surface area contributed by atoms with E-state index in [0.717, 1.165) is 16.5 Å². The van der Waals surface area contributed by atoms with Crippen molar-refractivity contribution in [1.82, 2.24) is 10.3 Å². The normalized spacial score (nSPS) is 11.0. The van der Waals surface area contributed by atoms with E-state index in [1.54, 1.807) is 6.07 Å². The molecular weight excluding hydrogens is 248 g/mol. The summed E-state index contributed by atoms with van der Waals surface area (Å²) < 4.78 is 0. The van der Waals surface area contributed by atoms with Gasteiger partial charge in [0.2, 0.25) is 5.91 Å². The first kappa shape index (κ1) is 12.6. The Morgan fingerprint density at radius 2 is 2.22 bits per heavy atom. The number of nitrogens with zero attached hydrogens (tertiary/aromatic N) is 1. The van der Waals surface area contributed by atoms with Crippen LogP contribution >= 0.6 is 11.6 Å². The zero-order chi connectivity index (χ0) is 13.0. The Labute approximate surface area is 110 Å². The maximum absolute atomic E-state index is 10.7. The lowest BCUT2D eigenvalue weighted by molar-refractivity contribution is -0.118. The Balaban J connectivity index is 2.15. The third kappa shape index (κ3) is 3.31. The van der Waals surface area contributed by atoms with Crippen molar-refractivity contribution in [1.29, 1.82) is 0 Å². The molecule has 0 spiro atoms. The Bertz CT molecular complexity index is 608. The number of rotatable bonds is 3. The molecule has 0 radical (unpaired) electrons. The molecule has 1 heterocycles. The molecule has 0 unspecified atom stereocenters. The maximum atomic E-state index is 10.7. The zero-order valence-corrected chi connectivity index (χ0v) is 10.7. The summed E-state index contributed by atoms with van der Waals surface area (Å²) >= 11 is 5.83. The summed E-state index contributed by atoms with van der Waals surface area (Å²) in [6, 6.07) is 9.64. The number of benzene rings is 1. The summed E-state index contributed by atoms with van der Waals surface area (Å²) in [7, 11) is 0. The molecule has 0 saturated carbocycles. The van der Waals surface area contributed by atoms with E-state index in [0.29, 0.717) is 11.7 Å². The van der Waals surface area contributed by atoms with Crippen LogP contribution in [0.25, 0.3) is 17.0 Å². The van der Waals surface area contributed by atoms with Crippen molar-refractivity contribution in [2.75, 3.05) is 6.54 Å². The Morgan fingerprint density at radius 1 is 1.39 bits per heavy atom. The molecule has 1 amide bonds. The van der Waals surface area contributed by atoms with Crippen LogP contribution in [0.5, 0.6) is 0 Å². The van der Waals surface area contributed by atoms with Crippen molar-refractivity contribution < 1.29 is 4.79 Å². The van der Waals surface area contributed by atoms with E-state index in [-0.39, 0.29) is 5.91 Å². The summed E-state index contributed by atoms with van der Waals surface area (Å²) in [5, 5.41) is 4.24. The molecule has 0 aliphatic heterocycles. The van der Waals surface area contributed by atoms with Crippen molar-refractivity contribution in [2.24, 2.45) is 0 Å². The first-order valence-corrected chi connectivity index (χ1v) is 6.00. The van der Waals surface area contributed by atoms with Crippen LogP contribution in [-0.4, -0.2) is 17.4 Å². The second-order valence-corrected chi connectivity index (χ2v) is 4.31. The molecule has 0 atom stereocenters. The minimum atomic E-state index is -0.0306. The topological polar surface area (TPSA) is 42.0 Å². The van der Waals surface area contributed by atoms with Gasteiger partial charge >= 0.3 is 0 Å². The SMILES string of the molecule is CC(=O)NCC=Cc1ccc2nc(Cl)ccc2c1. The van der Waals surface area contributed by atoms with Gasteiger partial charge < -0.3 is 5.32 Å². The van der Waals surface area contributed by atoms with Crippen LogP contribution in [0.1, 0.15) is 12.5 Å². The van der Waals surface area contributed by atoms with Gasteiger partial charge in [0.1, 0.15) is 5.15 Å². The van der Waals surface area contributed by atoms with E-state index < -0.39 is 0 Å². The molecule has 18 heavy (non-hydrogen) atoms. The Kier molecular flexibility index (Phi) is 3.95. The number of amides is 1. The van der Waals surface area contributed by atoms with Gasteiger partial charge in [0.15, 0.2) is 0 Å². The minimum absolute atomic E-state index is 0.0306. The van der Waals surface area contributed by atoms with E-state index >= 15 is 0 Å². The molecule has 1 N–H and O–H groups in total. The van der Waals surface area contributed by atoms with Crippen LogP contribution in [-0.2, 0) is 4.79 Å². The van der Waals surface area contributed by atoms with Crippen LogP contribution in [0.4, 0.5) is 0 Å². The molecule has 0 aliphatic carbocycles. The molecule has 0 bridgehead atoms. The molecule has 2 rings (SSSR count). The van der Waals surface area contributed by atoms with E-state index in [2.05, 4.69) is 10.3 Å². The molecule has 2 aromatic rings. The summed E-state index contributed by atoms with van der Waals surface area (Å²) in [6.07, 6.45) is 3.87. The average Bonchev–Trinajstić information content (AvgIpc) is 2.34. The molecule has 1 aromatic carbocycles. The first-order chi connectivity index (χ1) is 8.65. The monoisotopic (exact) mass is 260 g/mol. The van der Waals surface area contributed by atoms with Gasteiger partial charge in [0, 0.05) is 18.9 Å². The zero-order valence-electron chi connectivity index (χ0n) is 9.98. The number of hydrogen-bond donors (Lipinski definition) is 1. The maximum Gasteiger partial charge on any atom is 0.217 e. The van der Waals surface area contributed by atoms with Gasteiger partial charge in [-0.1, -0.05) is 29.8 Å². The highest BCUT2D eigenvalue weighted by Gasteiger charge is 1.96. The second-order valence-electron chi connectivity index (χ2n) is 3.93. The largest absolute Gasteiger partial charge is 0.353 e. The highest BCUT2D eigenvalue weighted by Crippen LogP contribution is 2.17. The first-order valence-electron chi connectivity index (χ1n) is 5.62. The highest BCUT2D eigenvalue weighted by atomic mass is 35.5. The quantitative estimate of drug-likeness (QED) is 0.862. The molecular formula is C14H13ClN2O. The summed E-state index contributed by atoms with van der Waals surface area (Å²) in [6.45, 7) is 2.03.